The predicted octanol–water partition coefficient (Wildman–Crippen LogP) is 2.49. The van der Waals surface area contributed by atoms with Crippen molar-refractivity contribution in [1.82, 2.24) is 0 Å². The van der Waals surface area contributed by atoms with Crippen molar-refractivity contribution in [1.29, 1.82) is 0 Å². The molecule has 1 atom stereocenters. The van der Waals surface area contributed by atoms with Crippen LogP contribution in [-0.2, 0) is 4.79 Å². The SMILES string of the molecule is O=C(O)C(=O)c1ccc(OC2CCSC2)c(Cl)c1. The van der Waals surface area contributed by atoms with Crippen LogP contribution in [0.1, 0.15) is 16.8 Å². The number of benzene rings is 1. The molecule has 0 aliphatic carbocycles. The van der Waals surface area contributed by atoms with E-state index in [1.54, 1.807) is 6.07 Å². The van der Waals surface area contributed by atoms with E-state index in [2.05, 4.69) is 0 Å². The molecule has 18 heavy (non-hydrogen) atoms. The quantitative estimate of drug-likeness (QED) is 0.680. The summed E-state index contributed by atoms with van der Waals surface area (Å²) in [6.45, 7) is 0. The molecule has 1 saturated heterocycles. The molecule has 96 valence electrons. The largest absolute Gasteiger partial charge is 0.488 e. The Morgan fingerprint density at radius 1 is 1.44 bits per heavy atom. The number of Topliss-reactive ketones (excluding diaryl/α,β-unsaturated/α-hetero) is 1. The van der Waals surface area contributed by atoms with Gasteiger partial charge in [0.25, 0.3) is 5.78 Å². The number of carbonyl (C=O) groups is 2. The highest BCUT2D eigenvalue weighted by Crippen LogP contribution is 2.29. The summed E-state index contributed by atoms with van der Waals surface area (Å²) in [6, 6.07) is 4.29. The van der Waals surface area contributed by atoms with Crippen molar-refractivity contribution in [2.75, 3.05) is 11.5 Å². The van der Waals surface area contributed by atoms with Crippen LogP contribution in [0.5, 0.6) is 5.75 Å². The molecule has 4 nitrogen and oxygen atoms in total. The predicted molar refractivity (Wildman–Crippen MR) is 69.8 cm³/mol. The van der Waals surface area contributed by atoms with Crippen LogP contribution >= 0.6 is 23.4 Å². The Morgan fingerprint density at radius 2 is 2.22 bits per heavy atom. The summed E-state index contributed by atoms with van der Waals surface area (Å²) in [7, 11) is 0. The van der Waals surface area contributed by atoms with Gasteiger partial charge in [0.2, 0.25) is 0 Å². The first-order chi connectivity index (χ1) is 8.58. The lowest BCUT2D eigenvalue weighted by Gasteiger charge is -2.13. The van der Waals surface area contributed by atoms with Crippen molar-refractivity contribution in [2.45, 2.75) is 12.5 Å². The minimum atomic E-state index is -1.49. The zero-order valence-electron chi connectivity index (χ0n) is 9.39. The average Bonchev–Trinajstić information content (AvgIpc) is 2.83. The van der Waals surface area contributed by atoms with Gasteiger partial charge in [0.1, 0.15) is 11.9 Å². The number of carboxylic acids is 1. The lowest BCUT2D eigenvalue weighted by molar-refractivity contribution is -0.131. The number of hydrogen-bond donors (Lipinski definition) is 1. The van der Waals surface area contributed by atoms with E-state index in [1.807, 2.05) is 11.8 Å². The van der Waals surface area contributed by atoms with Crippen LogP contribution in [0.25, 0.3) is 0 Å². The average molecular weight is 287 g/mol. The maximum atomic E-state index is 11.3. The number of ether oxygens (including phenoxy) is 1. The van der Waals surface area contributed by atoms with Crippen LogP contribution in [0, 0.1) is 0 Å². The van der Waals surface area contributed by atoms with Gasteiger partial charge in [-0.25, -0.2) is 4.79 Å². The first kappa shape index (κ1) is 13.2. The van der Waals surface area contributed by atoms with Crippen molar-refractivity contribution in [3.05, 3.63) is 28.8 Å². The van der Waals surface area contributed by atoms with Crippen molar-refractivity contribution in [2.24, 2.45) is 0 Å². The fourth-order valence-electron chi connectivity index (χ4n) is 1.65. The van der Waals surface area contributed by atoms with Gasteiger partial charge < -0.3 is 9.84 Å². The molecule has 1 aliphatic rings. The monoisotopic (exact) mass is 286 g/mol. The normalized spacial score (nSPS) is 18.6. The van der Waals surface area contributed by atoms with Crippen LogP contribution in [0.3, 0.4) is 0 Å². The highest BCUT2D eigenvalue weighted by molar-refractivity contribution is 7.99. The molecule has 1 N–H and O–H groups in total. The van der Waals surface area contributed by atoms with Crippen LogP contribution in [0.4, 0.5) is 0 Å². The Kier molecular flexibility index (Phi) is 4.14. The Labute approximate surface area is 113 Å². The summed E-state index contributed by atoms with van der Waals surface area (Å²) >= 11 is 7.80. The number of rotatable bonds is 4. The minimum Gasteiger partial charge on any atom is -0.488 e. The molecule has 6 heteroatoms. The van der Waals surface area contributed by atoms with Gasteiger partial charge >= 0.3 is 5.97 Å². The number of hydrogen-bond acceptors (Lipinski definition) is 4. The van der Waals surface area contributed by atoms with Gasteiger partial charge in [0, 0.05) is 11.3 Å². The van der Waals surface area contributed by atoms with Crippen molar-refractivity contribution in [3.63, 3.8) is 0 Å². The Morgan fingerprint density at radius 3 is 2.78 bits per heavy atom. The zero-order valence-corrected chi connectivity index (χ0v) is 11.0. The van der Waals surface area contributed by atoms with Crippen LogP contribution in [0.2, 0.25) is 5.02 Å². The minimum absolute atomic E-state index is 0.0562. The number of thioether (sulfide) groups is 1. The molecule has 0 saturated carbocycles. The molecule has 0 bridgehead atoms. The lowest BCUT2D eigenvalue weighted by Crippen LogP contribution is -2.16. The van der Waals surface area contributed by atoms with Gasteiger partial charge in [-0.1, -0.05) is 11.6 Å². The Bertz CT molecular complexity index is 483. The molecule has 1 aromatic rings. The van der Waals surface area contributed by atoms with Gasteiger partial charge in [-0.15, -0.1) is 0 Å². The first-order valence-corrected chi connectivity index (χ1v) is 6.93. The Hall–Kier alpha value is -1.20. The highest BCUT2D eigenvalue weighted by Gasteiger charge is 2.20. The number of halogens is 1. The summed E-state index contributed by atoms with van der Waals surface area (Å²) in [5, 5.41) is 8.86. The summed E-state index contributed by atoms with van der Waals surface area (Å²) < 4.78 is 5.69. The van der Waals surface area contributed by atoms with E-state index in [0.29, 0.717) is 5.75 Å². The summed E-state index contributed by atoms with van der Waals surface area (Å²) in [6.07, 6.45) is 1.10. The molecule has 1 heterocycles. The van der Waals surface area contributed by atoms with E-state index in [1.165, 1.54) is 12.1 Å². The Balaban J connectivity index is 2.14. The molecule has 0 radical (unpaired) electrons. The second-order valence-corrected chi connectivity index (χ2v) is 5.44. The molecular formula is C12H11ClO4S. The second-order valence-electron chi connectivity index (χ2n) is 3.88. The van der Waals surface area contributed by atoms with Gasteiger partial charge in [-0.2, -0.15) is 11.8 Å². The van der Waals surface area contributed by atoms with E-state index < -0.39 is 11.8 Å². The number of carboxylic acid groups (broad SMARTS) is 1. The molecule has 1 fully saturated rings. The topological polar surface area (TPSA) is 63.6 Å². The lowest BCUT2D eigenvalue weighted by atomic mass is 10.1. The van der Waals surface area contributed by atoms with Gasteiger partial charge in [0.15, 0.2) is 0 Å². The molecule has 2 rings (SSSR count). The summed E-state index contributed by atoms with van der Waals surface area (Å²) in [4.78, 5) is 21.8. The molecule has 1 aromatic carbocycles. The third kappa shape index (κ3) is 2.97. The van der Waals surface area contributed by atoms with E-state index in [9.17, 15) is 9.59 Å². The molecule has 1 aliphatic heterocycles. The smallest absolute Gasteiger partial charge is 0.377 e. The highest BCUT2D eigenvalue weighted by atomic mass is 35.5. The van der Waals surface area contributed by atoms with E-state index >= 15 is 0 Å². The van der Waals surface area contributed by atoms with Gasteiger partial charge in [-0.05, 0) is 30.4 Å². The van der Waals surface area contributed by atoms with Crippen molar-refractivity contribution >= 4 is 35.1 Å². The molecule has 0 spiro atoms. The third-order valence-corrected chi connectivity index (χ3v) is 4.00. The maximum absolute atomic E-state index is 11.3. The van der Waals surface area contributed by atoms with Crippen LogP contribution in [0.15, 0.2) is 18.2 Å². The number of ketones is 1. The van der Waals surface area contributed by atoms with E-state index in [-0.39, 0.29) is 16.7 Å². The fraction of sp³-hybridized carbons (Fsp3) is 0.333. The number of aliphatic carboxylic acids is 1. The second kappa shape index (κ2) is 5.63. The summed E-state index contributed by atoms with van der Waals surface area (Å²) in [5.41, 5.74) is 0.0562. The van der Waals surface area contributed by atoms with Gasteiger partial charge in [-0.3, -0.25) is 4.79 Å². The summed E-state index contributed by atoms with van der Waals surface area (Å²) in [5.74, 6) is 0.0159. The third-order valence-electron chi connectivity index (χ3n) is 2.57. The zero-order chi connectivity index (χ0) is 13.1. The maximum Gasteiger partial charge on any atom is 0.377 e. The van der Waals surface area contributed by atoms with E-state index in [4.69, 9.17) is 21.4 Å². The van der Waals surface area contributed by atoms with Crippen LogP contribution < -0.4 is 4.74 Å². The molecule has 1 unspecified atom stereocenters. The number of carbonyl (C=O) groups excluding carboxylic acids is 1. The molecular weight excluding hydrogens is 276 g/mol. The van der Waals surface area contributed by atoms with Crippen molar-refractivity contribution < 1.29 is 19.4 Å². The standard InChI is InChI=1S/C12H11ClO4S/c13-9-5-7(11(14)12(15)16)1-2-10(9)17-8-3-4-18-6-8/h1-2,5,8H,3-4,6H2,(H,15,16). The van der Waals surface area contributed by atoms with Crippen molar-refractivity contribution in [3.8, 4) is 5.75 Å². The first-order valence-electron chi connectivity index (χ1n) is 5.39. The fourth-order valence-corrected chi connectivity index (χ4v) is 2.97. The van der Waals surface area contributed by atoms with Gasteiger partial charge in [0.05, 0.1) is 5.02 Å². The molecule has 0 aromatic heterocycles. The molecule has 0 amide bonds. The van der Waals surface area contributed by atoms with Crippen LogP contribution in [-0.4, -0.2) is 34.5 Å². The van der Waals surface area contributed by atoms with E-state index in [0.717, 1.165) is 17.9 Å².